The molecule has 180 valence electrons. The molecule has 2 heterocycles. The van der Waals surface area contributed by atoms with Gasteiger partial charge in [-0.3, -0.25) is 14.5 Å². The van der Waals surface area contributed by atoms with Crippen molar-refractivity contribution in [3.8, 4) is 17.2 Å². The summed E-state index contributed by atoms with van der Waals surface area (Å²) >= 11 is 0. The average molecular weight is 483 g/mol. The lowest BCUT2D eigenvalue weighted by Gasteiger charge is -2.16. The van der Waals surface area contributed by atoms with Gasteiger partial charge in [-0.2, -0.15) is 0 Å². The zero-order valence-corrected chi connectivity index (χ0v) is 19.3. The van der Waals surface area contributed by atoms with Crippen molar-refractivity contribution in [3.63, 3.8) is 0 Å². The first-order valence-electron chi connectivity index (χ1n) is 11.3. The fourth-order valence-corrected chi connectivity index (χ4v) is 3.90. The van der Waals surface area contributed by atoms with Crippen LogP contribution in [0.1, 0.15) is 49.5 Å². The normalized spacial score (nSPS) is 12.5. The first-order chi connectivity index (χ1) is 17.5. The summed E-state index contributed by atoms with van der Waals surface area (Å²) in [5.41, 5.74) is 2.21. The van der Waals surface area contributed by atoms with Crippen molar-refractivity contribution in [1.29, 1.82) is 0 Å². The Morgan fingerprint density at radius 2 is 1.61 bits per heavy atom. The maximum atomic E-state index is 12.9. The van der Waals surface area contributed by atoms with E-state index in [1.54, 1.807) is 49.4 Å². The van der Waals surface area contributed by atoms with E-state index in [9.17, 15) is 14.4 Å². The van der Waals surface area contributed by atoms with E-state index in [1.807, 2.05) is 30.3 Å². The second-order valence-corrected chi connectivity index (χ2v) is 7.95. The van der Waals surface area contributed by atoms with Crippen molar-refractivity contribution >= 4 is 17.8 Å². The number of fused-ring (bicyclic) bond motifs is 1. The molecule has 9 heteroatoms. The number of imide groups is 1. The zero-order valence-electron chi connectivity index (χ0n) is 19.3. The number of aromatic nitrogens is 2. The minimum Gasteiger partial charge on any atom is -0.493 e. The second kappa shape index (κ2) is 9.83. The minimum atomic E-state index is -0.665. The van der Waals surface area contributed by atoms with E-state index < -0.39 is 5.97 Å². The molecule has 5 rings (SSSR count). The molecule has 1 aliphatic rings. The lowest BCUT2D eigenvalue weighted by atomic mass is 10.1. The number of rotatable bonds is 8. The van der Waals surface area contributed by atoms with E-state index in [0.717, 1.165) is 10.5 Å². The topological polar surface area (TPSA) is 112 Å². The van der Waals surface area contributed by atoms with Gasteiger partial charge in [-0.05, 0) is 48.9 Å². The molecule has 0 saturated carbocycles. The van der Waals surface area contributed by atoms with Crippen LogP contribution in [0, 0.1) is 0 Å². The van der Waals surface area contributed by atoms with Crippen LogP contribution in [-0.2, 0) is 17.9 Å². The van der Waals surface area contributed by atoms with Gasteiger partial charge in [-0.15, -0.1) is 10.2 Å². The molecule has 0 saturated heterocycles. The van der Waals surface area contributed by atoms with Crippen molar-refractivity contribution in [3.05, 3.63) is 101 Å². The van der Waals surface area contributed by atoms with Gasteiger partial charge in [0, 0.05) is 5.56 Å². The summed E-state index contributed by atoms with van der Waals surface area (Å²) in [4.78, 5) is 39.6. The number of hydrogen-bond acceptors (Lipinski definition) is 8. The van der Waals surface area contributed by atoms with Crippen LogP contribution >= 0.6 is 0 Å². The SMILES string of the molecule is CCOc1ccc(CN2C(=O)c3ccccc3C2=O)cc1C(=O)OCc1nnc(-c2ccccc2)o1. The van der Waals surface area contributed by atoms with Crippen LogP contribution in [0.15, 0.2) is 77.2 Å². The lowest BCUT2D eigenvalue weighted by Crippen LogP contribution is -2.29. The number of ether oxygens (including phenoxy) is 2. The largest absolute Gasteiger partial charge is 0.493 e. The Labute approximate surface area is 206 Å². The molecule has 9 nitrogen and oxygen atoms in total. The van der Waals surface area contributed by atoms with Crippen molar-refractivity contribution in [2.24, 2.45) is 0 Å². The Bertz CT molecular complexity index is 1410. The Hall–Kier alpha value is -4.79. The van der Waals surface area contributed by atoms with E-state index in [1.165, 1.54) is 0 Å². The van der Waals surface area contributed by atoms with Crippen LogP contribution in [0.4, 0.5) is 0 Å². The van der Waals surface area contributed by atoms with Crippen LogP contribution in [-0.4, -0.2) is 39.5 Å². The molecular weight excluding hydrogens is 462 g/mol. The van der Waals surface area contributed by atoms with Crippen molar-refractivity contribution in [2.45, 2.75) is 20.1 Å². The maximum absolute atomic E-state index is 12.9. The molecule has 1 aromatic heterocycles. The zero-order chi connectivity index (χ0) is 25.1. The molecule has 0 radical (unpaired) electrons. The molecular formula is C27H21N3O6. The minimum absolute atomic E-state index is 0.00310. The predicted octanol–water partition coefficient (Wildman–Crippen LogP) is 4.29. The van der Waals surface area contributed by atoms with E-state index >= 15 is 0 Å². The molecule has 2 amide bonds. The Balaban J connectivity index is 1.32. The van der Waals surface area contributed by atoms with Gasteiger partial charge in [0.15, 0.2) is 6.61 Å². The number of benzene rings is 3. The molecule has 0 atom stereocenters. The van der Waals surface area contributed by atoms with Crippen molar-refractivity contribution < 1.29 is 28.3 Å². The number of hydrogen-bond donors (Lipinski definition) is 0. The van der Waals surface area contributed by atoms with Crippen LogP contribution in [0.25, 0.3) is 11.5 Å². The van der Waals surface area contributed by atoms with Gasteiger partial charge in [-0.1, -0.05) is 36.4 Å². The average Bonchev–Trinajstić information content (AvgIpc) is 3.48. The summed E-state index contributed by atoms with van der Waals surface area (Å²) in [7, 11) is 0. The van der Waals surface area contributed by atoms with Gasteiger partial charge in [-0.25, -0.2) is 4.79 Å². The highest BCUT2D eigenvalue weighted by atomic mass is 16.5. The Kier molecular flexibility index (Phi) is 6.27. The first kappa shape index (κ1) is 23.0. The Morgan fingerprint density at radius 3 is 2.31 bits per heavy atom. The molecule has 0 unspecified atom stereocenters. The summed E-state index contributed by atoms with van der Waals surface area (Å²) < 4.78 is 16.6. The van der Waals surface area contributed by atoms with Crippen LogP contribution in [0.3, 0.4) is 0 Å². The highest BCUT2D eigenvalue weighted by Gasteiger charge is 2.35. The van der Waals surface area contributed by atoms with Crippen molar-refractivity contribution in [2.75, 3.05) is 6.61 Å². The first-order valence-corrected chi connectivity index (χ1v) is 11.3. The predicted molar refractivity (Wildman–Crippen MR) is 127 cm³/mol. The molecule has 0 spiro atoms. The third kappa shape index (κ3) is 4.46. The third-order valence-corrected chi connectivity index (χ3v) is 5.60. The molecule has 1 aliphatic heterocycles. The van der Waals surface area contributed by atoms with Gasteiger partial charge in [0.25, 0.3) is 17.7 Å². The highest BCUT2D eigenvalue weighted by Crippen LogP contribution is 2.27. The summed E-state index contributed by atoms with van der Waals surface area (Å²) in [6, 6.07) is 20.8. The fraction of sp³-hybridized carbons (Fsp3) is 0.148. The summed E-state index contributed by atoms with van der Waals surface area (Å²) in [6.45, 7) is 1.91. The fourth-order valence-electron chi connectivity index (χ4n) is 3.90. The Morgan fingerprint density at radius 1 is 0.917 bits per heavy atom. The van der Waals surface area contributed by atoms with E-state index in [0.29, 0.717) is 34.9 Å². The number of carbonyl (C=O) groups is 3. The van der Waals surface area contributed by atoms with Gasteiger partial charge in [0.05, 0.1) is 24.3 Å². The number of amides is 2. The van der Waals surface area contributed by atoms with Gasteiger partial charge < -0.3 is 13.9 Å². The maximum Gasteiger partial charge on any atom is 0.342 e. The lowest BCUT2D eigenvalue weighted by molar-refractivity contribution is 0.0434. The molecule has 36 heavy (non-hydrogen) atoms. The standard InChI is InChI=1S/C27H21N3O6/c1-2-34-22-13-12-17(15-30-25(31)19-10-6-7-11-20(19)26(30)32)14-21(22)27(33)35-16-23-28-29-24(36-23)18-8-4-3-5-9-18/h3-14H,2,15-16H2,1H3. The van der Waals surface area contributed by atoms with Gasteiger partial charge in [0.2, 0.25) is 5.89 Å². The quantitative estimate of drug-likeness (QED) is 0.270. The molecule has 4 aromatic rings. The third-order valence-electron chi connectivity index (χ3n) is 5.60. The van der Waals surface area contributed by atoms with Crippen LogP contribution < -0.4 is 4.74 Å². The highest BCUT2D eigenvalue weighted by molar-refractivity contribution is 6.21. The summed E-state index contributed by atoms with van der Waals surface area (Å²) in [6.07, 6.45) is 0. The van der Waals surface area contributed by atoms with Crippen LogP contribution in [0.5, 0.6) is 5.75 Å². The molecule has 3 aromatic carbocycles. The number of nitrogens with zero attached hydrogens (tertiary/aromatic N) is 3. The second-order valence-electron chi connectivity index (χ2n) is 7.95. The van der Waals surface area contributed by atoms with E-state index in [2.05, 4.69) is 10.2 Å². The molecule has 0 fully saturated rings. The van der Waals surface area contributed by atoms with Gasteiger partial charge in [0.1, 0.15) is 11.3 Å². The summed E-state index contributed by atoms with van der Waals surface area (Å²) in [5.74, 6) is -0.633. The molecule has 0 bridgehead atoms. The smallest absolute Gasteiger partial charge is 0.342 e. The van der Waals surface area contributed by atoms with E-state index in [-0.39, 0.29) is 36.4 Å². The van der Waals surface area contributed by atoms with Gasteiger partial charge >= 0.3 is 5.97 Å². The number of carbonyl (C=O) groups excluding carboxylic acids is 3. The van der Waals surface area contributed by atoms with Crippen molar-refractivity contribution in [1.82, 2.24) is 15.1 Å². The number of esters is 1. The van der Waals surface area contributed by atoms with E-state index in [4.69, 9.17) is 13.9 Å². The molecule has 0 N–H and O–H groups in total. The molecule has 0 aliphatic carbocycles. The van der Waals surface area contributed by atoms with Crippen LogP contribution in [0.2, 0.25) is 0 Å². The monoisotopic (exact) mass is 483 g/mol. The summed E-state index contributed by atoms with van der Waals surface area (Å²) in [5, 5.41) is 7.92.